The highest BCUT2D eigenvalue weighted by molar-refractivity contribution is 5.81. The number of aliphatic hydroxyl groups is 1. The highest BCUT2D eigenvalue weighted by Gasteiger charge is 2.16. The fraction of sp³-hybridized carbons (Fsp3) is 0.375. The second-order valence-corrected chi connectivity index (χ2v) is 7.50. The molecule has 30 heavy (non-hydrogen) atoms. The number of aromatic hydroxyl groups is 1. The van der Waals surface area contributed by atoms with Crippen LogP contribution in [-0.2, 0) is 11.3 Å². The van der Waals surface area contributed by atoms with Crippen molar-refractivity contribution in [3.8, 4) is 5.75 Å². The Morgan fingerprint density at radius 3 is 2.57 bits per heavy atom. The smallest absolute Gasteiger partial charge is 0.142 e. The molecule has 0 radical (unpaired) electrons. The molecular formula is C24H33N3O3. The quantitative estimate of drug-likeness (QED) is 0.186. The van der Waals surface area contributed by atoms with E-state index in [0.717, 1.165) is 26.1 Å². The van der Waals surface area contributed by atoms with Crippen LogP contribution in [-0.4, -0.2) is 55.1 Å². The zero-order valence-corrected chi connectivity index (χ0v) is 18.1. The Morgan fingerprint density at radius 2 is 1.90 bits per heavy atom. The Morgan fingerprint density at radius 1 is 1.17 bits per heavy atom. The van der Waals surface area contributed by atoms with Gasteiger partial charge in [-0.15, -0.1) is 0 Å². The van der Waals surface area contributed by atoms with E-state index in [-0.39, 0.29) is 5.75 Å². The van der Waals surface area contributed by atoms with E-state index in [1.165, 1.54) is 17.2 Å². The summed E-state index contributed by atoms with van der Waals surface area (Å²) in [7, 11) is 3.80. The van der Waals surface area contributed by atoms with Gasteiger partial charge in [-0.25, -0.2) is 0 Å². The number of aryl methyl sites for hydroxylation is 1. The molecule has 6 nitrogen and oxygen atoms in total. The molecule has 6 heteroatoms. The summed E-state index contributed by atoms with van der Waals surface area (Å²) < 4.78 is 0. The number of phenols is 1. The molecule has 0 amide bonds. The highest BCUT2D eigenvalue weighted by atomic mass is 16.3. The van der Waals surface area contributed by atoms with Gasteiger partial charge in [0.25, 0.3) is 0 Å². The molecule has 0 spiro atoms. The third-order valence-corrected chi connectivity index (χ3v) is 5.01. The van der Waals surface area contributed by atoms with E-state index in [1.54, 1.807) is 25.3 Å². The van der Waals surface area contributed by atoms with Crippen LogP contribution in [0.2, 0.25) is 0 Å². The van der Waals surface area contributed by atoms with Gasteiger partial charge in [0.1, 0.15) is 12.0 Å². The van der Waals surface area contributed by atoms with E-state index in [0.29, 0.717) is 29.6 Å². The van der Waals surface area contributed by atoms with Crippen molar-refractivity contribution >= 4 is 18.0 Å². The first-order valence-corrected chi connectivity index (χ1v) is 10.2. The average Bonchev–Trinajstić information content (AvgIpc) is 2.73. The van der Waals surface area contributed by atoms with Crippen LogP contribution in [0, 0.1) is 6.92 Å². The number of aliphatic hydroxyl groups excluding tert-OH is 1. The Bertz CT molecular complexity index is 834. The Hall–Kier alpha value is -2.67. The number of carbonyl (C=O) groups is 1. The Kier molecular flexibility index (Phi) is 9.54. The van der Waals surface area contributed by atoms with E-state index in [4.69, 9.17) is 0 Å². The van der Waals surface area contributed by atoms with E-state index < -0.39 is 6.10 Å². The van der Waals surface area contributed by atoms with Gasteiger partial charge in [-0.1, -0.05) is 35.9 Å². The van der Waals surface area contributed by atoms with Crippen molar-refractivity contribution in [3.05, 3.63) is 64.7 Å². The van der Waals surface area contributed by atoms with Crippen LogP contribution < -0.4 is 10.6 Å². The van der Waals surface area contributed by atoms with Crippen LogP contribution in [0.5, 0.6) is 5.75 Å². The number of carbonyl (C=O) groups excluding carboxylic acids is 1. The fourth-order valence-electron chi connectivity index (χ4n) is 3.40. The zero-order valence-electron chi connectivity index (χ0n) is 18.1. The average molecular weight is 412 g/mol. The Balaban J connectivity index is 1.83. The van der Waals surface area contributed by atoms with E-state index in [9.17, 15) is 15.0 Å². The standard InChI is InChI=1S/C24H33N3O3/c1-18-7-9-19(10-8-18)17-27(3)14-5-13-26-16-23(30)20-11-12-22(29)24(25-2)21(20)6-4-15-28/h4,6-12,15,23,25-26,29-30H,5,13-14,16-17H2,1-3H3/b6-4-. The molecule has 2 aromatic rings. The minimum Gasteiger partial charge on any atom is -0.506 e. The Labute approximate surface area is 179 Å². The molecular weight excluding hydrogens is 378 g/mol. The molecule has 0 saturated carbocycles. The summed E-state index contributed by atoms with van der Waals surface area (Å²) in [6, 6.07) is 11.8. The van der Waals surface area contributed by atoms with E-state index in [2.05, 4.69) is 53.8 Å². The maximum atomic E-state index is 10.7. The first-order valence-electron chi connectivity index (χ1n) is 10.2. The third-order valence-electron chi connectivity index (χ3n) is 5.01. The predicted octanol–water partition coefficient (Wildman–Crippen LogP) is 3.10. The van der Waals surface area contributed by atoms with E-state index in [1.807, 2.05) is 0 Å². The normalized spacial score (nSPS) is 12.4. The van der Waals surface area contributed by atoms with Gasteiger partial charge in [-0.3, -0.25) is 4.79 Å². The summed E-state index contributed by atoms with van der Waals surface area (Å²) in [4.78, 5) is 13.0. The van der Waals surface area contributed by atoms with Crippen molar-refractivity contribution in [1.82, 2.24) is 10.2 Å². The summed E-state index contributed by atoms with van der Waals surface area (Å²) >= 11 is 0. The second kappa shape index (κ2) is 12.1. The lowest BCUT2D eigenvalue weighted by Gasteiger charge is -2.19. The zero-order chi connectivity index (χ0) is 21.9. The van der Waals surface area contributed by atoms with Gasteiger partial charge in [0.05, 0.1) is 11.8 Å². The number of hydrogen-bond acceptors (Lipinski definition) is 6. The summed E-state index contributed by atoms with van der Waals surface area (Å²) in [6.45, 7) is 5.12. The molecule has 0 heterocycles. The van der Waals surface area contributed by atoms with Crippen molar-refractivity contribution in [1.29, 1.82) is 0 Å². The number of benzene rings is 2. The molecule has 162 valence electrons. The molecule has 1 unspecified atom stereocenters. The van der Waals surface area contributed by atoms with Crippen LogP contribution in [0.4, 0.5) is 5.69 Å². The van der Waals surface area contributed by atoms with Crippen LogP contribution in [0.1, 0.15) is 34.8 Å². The fourth-order valence-corrected chi connectivity index (χ4v) is 3.40. The summed E-state index contributed by atoms with van der Waals surface area (Å²) in [5, 5.41) is 26.9. The van der Waals surface area contributed by atoms with Crippen molar-refractivity contribution in [2.24, 2.45) is 0 Å². The van der Waals surface area contributed by atoms with Gasteiger partial charge in [0.2, 0.25) is 0 Å². The number of rotatable bonds is 12. The topological polar surface area (TPSA) is 84.8 Å². The molecule has 2 rings (SSSR count). The molecule has 0 aliphatic rings. The molecule has 0 aliphatic carbocycles. The van der Waals surface area contributed by atoms with Gasteiger partial charge in [-0.05, 0) is 62.8 Å². The SMILES string of the molecule is CNc1c(O)ccc(C(O)CNCCCN(C)Cc2ccc(C)cc2)c1/C=C\C=O. The van der Waals surface area contributed by atoms with Crippen molar-refractivity contribution in [2.75, 3.05) is 39.0 Å². The number of nitrogens with zero attached hydrogens (tertiary/aromatic N) is 1. The van der Waals surface area contributed by atoms with Crippen molar-refractivity contribution in [3.63, 3.8) is 0 Å². The first kappa shape index (κ1) is 23.6. The van der Waals surface area contributed by atoms with Crippen molar-refractivity contribution in [2.45, 2.75) is 26.0 Å². The maximum Gasteiger partial charge on any atom is 0.142 e. The molecule has 1 atom stereocenters. The molecule has 0 bridgehead atoms. The summed E-state index contributed by atoms with van der Waals surface area (Å²) in [5.74, 6) is 0.0728. The number of aldehydes is 1. The summed E-state index contributed by atoms with van der Waals surface area (Å²) in [5.41, 5.74) is 4.32. The predicted molar refractivity (Wildman–Crippen MR) is 123 cm³/mol. The molecule has 0 aliphatic heterocycles. The van der Waals surface area contributed by atoms with Crippen LogP contribution in [0.3, 0.4) is 0 Å². The number of nitrogens with one attached hydrogen (secondary N) is 2. The van der Waals surface area contributed by atoms with Crippen LogP contribution in [0.25, 0.3) is 6.08 Å². The number of phenolic OH excluding ortho intramolecular Hbond substituents is 1. The number of allylic oxidation sites excluding steroid dienone is 1. The monoisotopic (exact) mass is 411 g/mol. The largest absolute Gasteiger partial charge is 0.506 e. The minimum absolute atomic E-state index is 0.0728. The second-order valence-electron chi connectivity index (χ2n) is 7.50. The molecule has 0 fully saturated rings. The highest BCUT2D eigenvalue weighted by Crippen LogP contribution is 2.33. The minimum atomic E-state index is -0.755. The maximum absolute atomic E-state index is 10.7. The lowest BCUT2D eigenvalue weighted by molar-refractivity contribution is -0.104. The molecule has 0 aromatic heterocycles. The third kappa shape index (κ3) is 6.99. The number of anilines is 1. The lowest BCUT2D eigenvalue weighted by atomic mass is 9.99. The van der Waals surface area contributed by atoms with Gasteiger partial charge in [0, 0.05) is 25.7 Å². The number of hydrogen-bond donors (Lipinski definition) is 4. The van der Waals surface area contributed by atoms with Gasteiger partial charge < -0.3 is 25.7 Å². The molecule has 0 saturated heterocycles. The van der Waals surface area contributed by atoms with Crippen LogP contribution >= 0.6 is 0 Å². The molecule has 4 N–H and O–H groups in total. The first-order chi connectivity index (χ1) is 14.5. The summed E-state index contributed by atoms with van der Waals surface area (Å²) in [6.07, 6.45) is 3.82. The van der Waals surface area contributed by atoms with Crippen molar-refractivity contribution < 1.29 is 15.0 Å². The lowest BCUT2D eigenvalue weighted by Crippen LogP contribution is -2.27. The van der Waals surface area contributed by atoms with Gasteiger partial charge in [-0.2, -0.15) is 0 Å². The van der Waals surface area contributed by atoms with Gasteiger partial charge in [0.15, 0.2) is 0 Å². The van der Waals surface area contributed by atoms with Crippen LogP contribution in [0.15, 0.2) is 42.5 Å². The van der Waals surface area contributed by atoms with E-state index >= 15 is 0 Å². The van der Waals surface area contributed by atoms with Gasteiger partial charge >= 0.3 is 0 Å². The molecule has 2 aromatic carbocycles.